The molecule has 0 saturated carbocycles. The molecule has 4 heteroatoms. The minimum atomic E-state index is 1.16. The van der Waals surface area contributed by atoms with Crippen molar-refractivity contribution in [1.29, 1.82) is 0 Å². The van der Waals surface area contributed by atoms with Crippen molar-refractivity contribution in [2.75, 3.05) is 0 Å². The number of aromatic amines is 2. The number of fused-ring (bicyclic) bond motifs is 12. The van der Waals surface area contributed by atoms with Crippen LogP contribution in [0.25, 0.3) is 109 Å². The summed E-state index contributed by atoms with van der Waals surface area (Å²) >= 11 is 0. The van der Waals surface area contributed by atoms with Crippen molar-refractivity contribution in [2.45, 2.75) is 0 Å². The Morgan fingerprint density at radius 1 is 0.250 bits per heavy atom. The summed E-state index contributed by atoms with van der Waals surface area (Å²) in [7, 11) is 0. The fourth-order valence-electron chi connectivity index (χ4n) is 8.75. The summed E-state index contributed by atoms with van der Waals surface area (Å²) in [4.78, 5) is 7.15. The Bertz CT molecular complexity index is 3190. The van der Waals surface area contributed by atoms with E-state index in [0.29, 0.717) is 0 Å². The lowest BCUT2D eigenvalue weighted by atomic mass is 10.0. The lowest BCUT2D eigenvalue weighted by Gasteiger charge is -2.13. The first-order valence-electron chi connectivity index (χ1n) is 17.9. The maximum atomic E-state index is 3.58. The van der Waals surface area contributed by atoms with Crippen molar-refractivity contribution >= 4 is 87.2 Å². The Morgan fingerprint density at radius 2 is 0.577 bits per heavy atom. The number of hydrogen-bond acceptors (Lipinski definition) is 0. The van der Waals surface area contributed by atoms with Crippen LogP contribution < -0.4 is 0 Å². The average molecular weight is 663 g/mol. The average Bonchev–Trinajstić information content (AvgIpc) is 3.94. The van der Waals surface area contributed by atoms with Gasteiger partial charge in [0, 0.05) is 65.2 Å². The van der Waals surface area contributed by atoms with Gasteiger partial charge < -0.3 is 9.97 Å². The predicted octanol–water partition coefficient (Wildman–Crippen LogP) is 12.8. The van der Waals surface area contributed by atoms with E-state index in [0.717, 1.165) is 11.0 Å². The third kappa shape index (κ3) is 3.81. The Labute approximate surface area is 297 Å². The summed E-state index contributed by atoms with van der Waals surface area (Å²) < 4.78 is 4.83. The second-order valence-corrected chi connectivity index (χ2v) is 14.0. The summed E-state index contributed by atoms with van der Waals surface area (Å²) in [5, 5.41) is 9.96. The molecular formula is C48H30N4. The molecule has 4 aromatic heterocycles. The van der Waals surface area contributed by atoms with E-state index in [-0.39, 0.29) is 0 Å². The number of para-hydroxylation sites is 4. The van der Waals surface area contributed by atoms with Gasteiger partial charge in [0.25, 0.3) is 0 Å². The molecule has 2 N–H and O–H groups in total. The summed E-state index contributed by atoms with van der Waals surface area (Å²) in [5.74, 6) is 0. The van der Waals surface area contributed by atoms with Gasteiger partial charge in [-0.2, -0.15) is 0 Å². The van der Waals surface area contributed by atoms with E-state index in [9.17, 15) is 0 Å². The van der Waals surface area contributed by atoms with Crippen LogP contribution in [-0.4, -0.2) is 19.3 Å². The van der Waals surface area contributed by atoms with Crippen LogP contribution >= 0.6 is 0 Å². The first-order chi connectivity index (χ1) is 25.8. The smallest absolute Gasteiger partial charge is 0.0716 e. The fourth-order valence-corrected chi connectivity index (χ4v) is 8.75. The van der Waals surface area contributed by atoms with Crippen LogP contribution in [0.1, 0.15) is 0 Å². The molecular weight excluding hydrogens is 633 g/mol. The number of nitrogens with zero attached hydrogens (tertiary/aromatic N) is 2. The molecule has 0 aliphatic heterocycles. The number of benzene rings is 8. The zero-order valence-electron chi connectivity index (χ0n) is 28.1. The van der Waals surface area contributed by atoms with E-state index in [1.165, 1.54) is 98.4 Å². The molecule has 0 atom stereocenters. The standard InChI is InChI=1S/C48H30N4/c1-5-13-41-33(9-1)37-25-29(17-21-43(37)49-41)31-19-23-47-39(27-31)35-11-3-7-15-45(35)51(47)52-46-16-8-4-12-36(46)40-28-32(20-24-48(40)52)30-18-22-44-38(26-30)34-10-2-6-14-42(34)50-44/h1-28,49-50H. The van der Waals surface area contributed by atoms with Crippen molar-refractivity contribution in [3.63, 3.8) is 0 Å². The van der Waals surface area contributed by atoms with E-state index >= 15 is 0 Å². The topological polar surface area (TPSA) is 41.4 Å². The summed E-state index contributed by atoms with van der Waals surface area (Å²) in [6.45, 7) is 0. The molecule has 0 aliphatic rings. The third-order valence-corrected chi connectivity index (χ3v) is 11.2. The highest BCUT2D eigenvalue weighted by Gasteiger charge is 2.19. The predicted molar refractivity (Wildman–Crippen MR) is 219 cm³/mol. The van der Waals surface area contributed by atoms with Gasteiger partial charge in [-0.25, -0.2) is 9.35 Å². The highest BCUT2D eigenvalue weighted by atomic mass is 15.5. The molecule has 12 aromatic rings. The quantitative estimate of drug-likeness (QED) is 0.189. The molecule has 12 rings (SSSR count). The molecule has 8 aromatic carbocycles. The van der Waals surface area contributed by atoms with Crippen LogP contribution in [0, 0.1) is 0 Å². The minimum Gasteiger partial charge on any atom is -0.355 e. The normalized spacial score (nSPS) is 12.2. The van der Waals surface area contributed by atoms with Crippen LogP contribution in [0.15, 0.2) is 170 Å². The summed E-state index contributed by atoms with van der Waals surface area (Å²) in [6, 6.07) is 62.2. The van der Waals surface area contributed by atoms with E-state index in [1.54, 1.807) is 0 Å². The first kappa shape index (κ1) is 27.7. The van der Waals surface area contributed by atoms with Gasteiger partial charge >= 0.3 is 0 Å². The van der Waals surface area contributed by atoms with E-state index < -0.39 is 0 Å². The summed E-state index contributed by atoms with van der Waals surface area (Å²) in [6.07, 6.45) is 0. The number of aromatic nitrogens is 4. The molecule has 4 heterocycles. The molecule has 52 heavy (non-hydrogen) atoms. The van der Waals surface area contributed by atoms with Crippen molar-refractivity contribution in [1.82, 2.24) is 19.3 Å². The Morgan fingerprint density at radius 3 is 1.04 bits per heavy atom. The van der Waals surface area contributed by atoms with Crippen LogP contribution in [0.2, 0.25) is 0 Å². The van der Waals surface area contributed by atoms with Crippen LogP contribution in [0.5, 0.6) is 0 Å². The molecule has 0 bridgehead atoms. The third-order valence-electron chi connectivity index (χ3n) is 11.2. The molecule has 0 fully saturated rings. The van der Waals surface area contributed by atoms with Crippen molar-refractivity contribution < 1.29 is 0 Å². The summed E-state index contributed by atoms with van der Waals surface area (Å²) in [5.41, 5.74) is 14.2. The molecule has 0 unspecified atom stereocenters. The van der Waals surface area contributed by atoms with Gasteiger partial charge in [-0.05, 0) is 95.1 Å². The van der Waals surface area contributed by atoms with Crippen LogP contribution in [-0.2, 0) is 0 Å². The number of rotatable bonds is 3. The highest BCUT2D eigenvalue weighted by Crippen LogP contribution is 2.39. The van der Waals surface area contributed by atoms with Gasteiger partial charge in [0.1, 0.15) is 0 Å². The molecule has 0 amide bonds. The largest absolute Gasteiger partial charge is 0.355 e. The van der Waals surface area contributed by atoms with Gasteiger partial charge in [-0.15, -0.1) is 0 Å². The molecule has 4 nitrogen and oxygen atoms in total. The zero-order valence-corrected chi connectivity index (χ0v) is 28.1. The first-order valence-corrected chi connectivity index (χ1v) is 17.9. The van der Waals surface area contributed by atoms with Crippen LogP contribution in [0.3, 0.4) is 0 Å². The maximum absolute atomic E-state index is 3.58. The second kappa shape index (κ2) is 10.3. The van der Waals surface area contributed by atoms with Gasteiger partial charge in [-0.1, -0.05) is 97.1 Å². The SMILES string of the molecule is c1ccc2c(c1)[nH]c1ccc(-c3ccc4c(c3)c3ccccc3n4-n3c4ccccc4c4cc(-c5ccc6[nH]c7ccccc7c6c5)ccc43)cc12. The molecule has 0 spiro atoms. The van der Waals surface area contributed by atoms with E-state index in [4.69, 9.17) is 0 Å². The number of hydrogen-bond donors (Lipinski definition) is 2. The lowest BCUT2D eigenvalue weighted by molar-refractivity contribution is 0.775. The Balaban J connectivity index is 1.07. The van der Waals surface area contributed by atoms with Gasteiger partial charge in [0.15, 0.2) is 0 Å². The lowest BCUT2D eigenvalue weighted by Crippen LogP contribution is -2.08. The molecule has 0 radical (unpaired) electrons. The molecule has 242 valence electrons. The van der Waals surface area contributed by atoms with Gasteiger partial charge in [0.05, 0.1) is 22.1 Å². The fraction of sp³-hybridized carbons (Fsp3) is 0. The number of H-pyrrole nitrogens is 2. The maximum Gasteiger partial charge on any atom is 0.0716 e. The monoisotopic (exact) mass is 662 g/mol. The molecule has 0 saturated heterocycles. The minimum absolute atomic E-state index is 1.16. The zero-order chi connectivity index (χ0) is 33.9. The van der Waals surface area contributed by atoms with Crippen molar-refractivity contribution in [3.05, 3.63) is 170 Å². The Kier molecular flexibility index (Phi) is 5.47. The molecule has 0 aliphatic carbocycles. The van der Waals surface area contributed by atoms with E-state index in [2.05, 4.69) is 189 Å². The van der Waals surface area contributed by atoms with Gasteiger partial charge in [-0.3, -0.25) is 0 Å². The van der Waals surface area contributed by atoms with Crippen molar-refractivity contribution in [2.24, 2.45) is 0 Å². The Hall–Kier alpha value is -7.04. The van der Waals surface area contributed by atoms with Gasteiger partial charge in [0.2, 0.25) is 0 Å². The van der Waals surface area contributed by atoms with E-state index in [1.807, 2.05) is 0 Å². The van der Waals surface area contributed by atoms with Crippen LogP contribution in [0.4, 0.5) is 0 Å². The number of nitrogens with one attached hydrogen (secondary N) is 2. The van der Waals surface area contributed by atoms with Crippen molar-refractivity contribution in [3.8, 4) is 22.3 Å². The second-order valence-electron chi connectivity index (χ2n) is 14.0. The highest BCUT2D eigenvalue weighted by molar-refractivity contribution is 6.14.